The molecule has 0 saturated heterocycles. The first-order valence-corrected chi connectivity index (χ1v) is 6.51. The summed E-state index contributed by atoms with van der Waals surface area (Å²) in [5, 5.41) is 17.6. The van der Waals surface area contributed by atoms with Crippen molar-refractivity contribution in [2.75, 3.05) is 0 Å². The quantitative estimate of drug-likeness (QED) is 0.517. The van der Waals surface area contributed by atoms with Gasteiger partial charge in [0.05, 0.1) is 0 Å². The Morgan fingerprint density at radius 2 is 1.55 bits per heavy atom. The maximum atomic E-state index is 9.75. The predicted octanol–water partition coefficient (Wildman–Crippen LogP) is 3.61. The Balaban J connectivity index is 0.000000432. The normalized spacial score (nSPS) is 9.86. The molecule has 0 aromatic heterocycles. The summed E-state index contributed by atoms with van der Waals surface area (Å²) in [5.74, 6) is -0.586. The van der Waals surface area contributed by atoms with E-state index in [1.54, 1.807) is 18.2 Å². The van der Waals surface area contributed by atoms with Gasteiger partial charge in [-0.15, -0.1) is 0 Å². The Labute approximate surface area is 152 Å². The van der Waals surface area contributed by atoms with Crippen LogP contribution < -0.4 is 0 Å². The zero-order valence-electron chi connectivity index (χ0n) is 11.8. The fourth-order valence-electron chi connectivity index (χ4n) is 1.58. The Morgan fingerprint density at radius 3 is 2.09 bits per heavy atom. The fraction of sp³-hybridized carbons (Fsp3) is 0.0556. The number of allylic oxidation sites excluding steroid dienone is 3. The fourth-order valence-corrected chi connectivity index (χ4v) is 1.58. The van der Waals surface area contributed by atoms with Crippen molar-refractivity contribution in [2.24, 2.45) is 0 Å². The van der Waals surface area contributed by atoms with Crippen LogP contribution >= 0.6 is 0 Å². The topological polar surface area (TPSA) is 57.5 Å². The van der Waals surface area contributed by atoms with E-state index >= 15 is 0 Å². The summed E-state index contributed by atoms with van der Waals surface area (Å²) < 4.78 is 0. The average Bonchev–Trinajstić information content (AvgIpc) is 2.49. The van der Waals surface area contributed by atoms with Gasteiger partial charge in [0.25, 0.3) is 0 Å². The molecular formula is C18H19NaO3. The molecule has 0 aliphatic rings. The van der Waals surface area contributed by atoms with Crippen molar-refractivity contribution in [2.45, 2.75) is 6.92 Å². The van der Waals surface area contributed by atoms with E-state index in [0.29, 0.717) is 5.75 Å². The van der Waals surface area contributed by atoms with Gasteiger partial charge in [0.15, 0.2) is 0 Å². The number of carbonyl (C=O) groups is 1. The van der Waals surface area contributed by atoms with Crippen molar-refractivity contribution >= 4 is 35.5 Å². The number of carboxylic acid groups (broad SMARTS) is 1. The van der Waals surface area contributed by atoms with Gasteiger partial charge >= 0.3 is 35.5 Å². The summed E-state index contributed by atoms with van der Waals surface area (Å²) in [6.45, 7) is 1.83. The van der Waals surface area contributed by atoms with Crippen molar-refractivity contribution < 1.29 is 15.0 Å². The van der Waals surface area contributed by atoms with Gasteiger partial charge in [-0.2, -0.15) is 0 Å². The standard InChI is InChI=1S/C12H10O.C6H8O2.Na.H/c13-12-9-5-4-8-11(12)10-6-2-1-3-7-10;1-2-3-4-5-6(7)8;;/h1-9,13H;2-5H,1H3,(H,7,8);;/b;3-2+,5-4+;;. The molecule has 0 aliphatic heterocycles. The molecule has 2 N–H and O–H groups in total. The van der Waals surface area contributed by atoms with Crippen LogP contribution in [-0.2, 0) is 4.79 Å². The number of aliphatic carboxylic acids is 1. The molecule has 0 heterocycles. The minimum atomic E-state index is -0.914. The summed E-state index contributed by atoms with van der Waals surface area (Å²) in [5.41, 5.74) is 1.92. The summed E-state index contributed by atoms with van der Waals surface area (Å²) in [6.07, 6.45) is 5.98. The van der Waals surface area contributed by atoms with E-state index in [-0.39, 0.29) is 29.6 Å². The molecule has 2 aromatic rings. The SMILES string of the molecule is C/C=C/C=C/C(=O)O.Oc1ccccc1-c1ccccc1.[NaH]. The monoisotopic (exact) mass is 306 g/mol. The first-order valence-electron chi connectivity index (χ1n) is 6.51. The van der Waals surface area contributed by atoms with Gasteiger partial charge in [-0.1, -0.05) is 66.8 Å². The molecule has 4 heteroatoms. The molecule has 0 unspecified atom stereocenters. The molecule has 0 bridgehead atoms. The minimum absolute atomic E-state index is 0. The Hall–Kier alpha value is -1.81. The summed E-state index contributed by atoms with van der Waals surface area (Å²) in [7, 11) is 0. The van der Waals surface area contributed by atoms with Crippen molar-refractivity contribution in [3.8, 4) is 16.9 Å². The van der Waals surface area contributed by atoms with Gasteiger partial charge in [0.2, 0.25) is 0 Å². The van der Waals surface area contributed by atoms with Crippen LogP contribution in [0.15, 0.2) is 78.9 Å². The number of benzene rings is 2. The van der Waals surface area contributed by atoms with Crippen LogP contribution in [0.1, 0.15) is 6.92 Å². The van der Waals surface area contributed by atoms with Gasteiger partial charge < -0.3 is 10.2 Å². The second kappa shape index (κ2) is 11.8. The Morgan fingerprint density at radius 1 is 0.955 bits per heavy atom. The Kier molecular flexibility index (Phi) is 10.8. The van der Waals surface area contributed by atoms with Crippen LogP contribution in [-0.4, -0.2) is 45.7 Å². The molecule has 0 radical (unpaired) electrons. The number of hydrogen-bond acceptors (Lipinski definition) is 2. The number of para-hydroxylation sites is 1. The zero-order chi connectivity index (χ0) is 15.5. The van der Waals surface area contributed by atoms with E-state index in [2.05, 4.69) is 0 Å². The molecule has 110 valence electrons. The number of phenols is 1. The number of rotatable bonds is 3. The number of carboxylic acids is 1. The van der Waals surface area contributed by atoms with Gasteiger partial charge in [-0.05, 0) is 18.6 Å². The number of phenolic OH excluding ortho intramolecular Hbond substituents is 1. The van der Waals surface area contributed by atoms with E-state index in [1.165, 1.54) is 6.08 Å². The predicted molar refractivity (Wildman–Crippen MR) is 92.3 cm³/mol. The van der Waals surface area contributed by atoms with Gasteiger partial charge in [0, 0.05) is 11.6 Å². The molecule has 0 saturated carbocycles. The first-order chi connectivity index (χ1) is 10.1. The van der Waals surface area contributed by atoms with Crippen molar-refractivity contribution in [3.05, 3.63) is 78.9 Å². The maximum absolute atomic E-state index is 9.75. The first kappa shape index (κ1) is 20.2. The summed E-state index contributed by atoms with van der Waals surface area (Å²) in [4.78, 5) is 9.75. The van der Waals surface area contributed by atoms with Crippen LogP contribution in [0, 0.1) is 0 Å². The zero-order valence-corrected chi connectivity index (χ0v) is 11.8. The van der Waals surface area contributed by atoms with Crippen molar-refractivity contribution in [1.82, 2.24) is 0 Å². The molecular weight excluding hydrogens is 287 g/mol. The third kappa shape index (κ3) is 7.84. The van der Waals surface area contributed by atoms with Gasteiger partial charge in [-0.3, -0.25) is 0 Å². The number of hydrogen-bond donors (Lipinski definition) is 2. The third-order valence-corrected chi connectivity index (χ3v) is 2.53. The molecule has 22 heavy (non-hydrogen) atoms. The average molecular weight is 306 g/mol. The summed E-state index contributed by atoms with van der Waals surface area (Å²) in [6, 6.07) is 17.2. The van der Waals surface area contributed by atoms with E-state index in [1.807, 2.05) is 55.5 Å². The van der Waals surface area contributed by atoms with Gasteiger partial charge in [-0.25, -0.2) is 4.79 Å². The van der Waals surface area contributed by atoms with E-state index < -0.39 is 5.97 Å². The van der Waals surface area contributed by atoms with Crippen LogP contribution in [0.2, 0.25) is 0 Å². The molecule has 3 nitrogen and oxygen atoms in total. The molecule has 0 atom stereocenters. The van der Waals surface area contributed by atoms with Crippen LogP contribution in [0.5, 0.6) is 5.75 Å². The van der Waals surface area contributed by atoms with Crippen molar-refractivity contribution in [1.29, 1.82) is 0 Å². The number of aromatic hydroxyl groups is 1. The molecule has 0 spiro atoms. The second-order valence-electron chi connectivity index (χ2n) is 4.11. The van der Waals surface area contributed by atoms with Crippen LogP contribution in [0.3, 0.4) is 0 Å². The third-order valence-electron chi connectivity index (χ3n) is 2.53. The van der Waals surface area contributed by atoms with Crippen molar-refractivity contribution in [3.63, 3.8) is 0 Å². The van der Waals surface area contributed by atoms with Gasteiger partial charge in [0.1, 0.15) is 5.75 Å². The molecule has 0 amide bonds. The summed E-state index contributed by atoms with van der Waals surface area (Å²) >= 11 is 0. The molecule has 0 fully saturated rings. The van der Waals surface area contributed by atoms with E-state index in [9.17, 15) is 9.90 Å². The van der Waals surface area contributed by atoms with Crippen LogP contribution in [0.25, 0.3) is 11.1 Å². The second-order valence-corrected chi connectivity index (χ2v) is 4.11. The van der Waals surface area contributed by atoms with E-state index in [4.69, 9.17) is 5.11 Å². The van der Waals surface area contributed by atoms with Crippen LogP contribution in [0.4, 0.5) is 0 Å². The molecule has 2 aromatic carbocycles. The Bertz CT molecular complexity index is 619. The molecule has 0 aliphatic carbocycles. The molecule has 2 rings (SSSR count). The van der Waals surface area contributed by atoms with E-state index in [0.717, 1.165) is 17.2 Å².